The third-order valence-electron chi connectivity index (χ3n) is 5.06. The zero-order valence-corrected chi connectivity index (χ0v) is 15.9. The molecule has 1 aliphatic carbocycles. The first-order valence-electron chi connectivity index (χ1n) is 9.60. The molecule has 4 rings (SSSR count). The maximum absolute atomic E-state index is 12.5. The lowest BCUT2D eigenvalue weighted by atomic mass is 10.1. The van der Waals surface area contributed by atoms with E-state index in [0.717, 1.165) is 37.3 Å². The molecule has 0 aliphatic heterocycles. The Morgan fingerprint density at radius 1 is 1.18 bits per heavy atom. The second-order valence-corrected chi connectivity index (χ2v) is 7.26. The van der Waals surface area contributed by atoms with Gasteiger partial charge in [0.1, 0.15) is 5.82 Å². The van der Waals surface area contributed by atoms with Crippen molar-refractivity contribution in [3.05, 3.63) is 60.6 Å². The van der Waals surface area contributed by atoms with Crippen LogP contribution in [-0.2, 0) is 6.54 Å². The van der Waals surface area contributed by atoms with E-state index in [0.29, 0.717) is 17.9 Å². The first kappa shape index (κ1) is 18.2. The summed E-state index contributed by atoms with van der Waals surface area (Å²) in [6, 6.07) is 11.2. The molecule has 28 heavy (non-hydrogen) atoms. The van der Waals surface area contributed by atoms with Crippen molar-refractivity contribution in [2.45, 2.75) is 26.3 Å². The summed E-state index contributed by atoms with van der Waals surface area (Å²) in [6.45, 7) is 4.34. The van der Waals surface area contributed by atoms with Crippen molar-refractivity contribution in [1.82, 2.24) is 25.1 Å². The quantitative estimate of drug-likeness (QED) is 0.631. The van der Waals surface area contributed by atoms with Crippen molar-refractivity contribution in [3.63, 3.8) is 0 Å². The summed E-state index contributed by atoms with van der Waals surface area (Å²) in [6.07, 6.45) is 7.72. The summed E-state index contributed by atoms with van der Waals surface area (Å²) >= 11 is 0. The Balaban J connectivity index is 1.37. The first-order chi connectivity index (χ1) is 13.7. The van der Waals surface area contributed by atoms with Gasteiger partial charge in [-0.05, 0) is 44.0 Å². The molecular weight excluding hydrogens is 352 g/mol. The fourth-order valence-electron chi connectivity index (χ4n) is 3.22. The van der Waals surface area contributed by atoms with Gasteiger partial charge in [-0.3, -0.25) is 9.48 Å². The number of carbonyl (C=O) groups is 1. The van der Waals surface area contributed by atoms with Crippen LogP contribution in [0.15, 0.2) is 55.0 Å². The van der Waals surface area contributed by atoms with E-state index >= 15 is 0 Å². The van der Waals surface area contributed by atoms with E-state index in [1.165, 1.54) is 0 Å². The van der Waals surface area contributed by atoms with Gasteiger partial charge >= 0.3 is 0 Å². The van der Waals surface area contributed by atoms with Crippen molar-refractivity contribution in [2.24, 2.45) is 5.41 Å². The molecule has 3 aromatic rings. The molecule has 0 radical (unpaired) electrons. The van der Waals surface area contributed by atoms with Crippen LogP contribution in [0.4, 0.5) is 5.82 Å². The molecule has 7 nitrogen and oxygen atoms in total. The molecule has 1 aromatic carbocycles. The number of nitrogens with one attached hydrogen (secondary N) is 2. The predicted octanol–water partition coefficient (Wildman–Crippen LogP) is 2.98. The lowest BCUT2D eigenvalue weighted by Gasteiger charge is -2.16. The van der Waals surface area contributed by atoms with Gasteiger partial charge in [0.2, 0.25) is 0 Å². The largest absolute Gasteiger partial charge is 0.370 e. The highest BCUT2D eigenvalue weighted by Gasteiger charge is 2.43. The van der Waals surface area contributed by atoms with Gasteiger partial charge in [0, 0.05) is 54.8 Å². The summed E-state index contributed by atoms with van der Waals surface area (Å²) in [5.74, 6) is 1.38. The minimum Gasteiger partial charge on any atom is -0.370 e. The van der Waals surface area contributed by atoms with Crippen molar-refractivity contribution in [2.75, 3.05) is 18.4 Å². The van der Waals surface area contributed by atoms with Crippen molar-refractivity contribution >= 4 is 11.7 Å². The Morgan fingerprint density at radius 2 is 2.00 bits per heavy atom. The van der Waals surface area contributed by atoms with Gasteiger partial charge in [0.15, 0.2) is 5.82 Å². The molecule has 0 atom stereocenters. The Bertz CT molecular complexity index is 932. The molecule has 0 unspecified atom stereocenters. The summed E-state index contributed by atoms with van der Waals surface area (Å²) < 4.78 is 1.94. The van der Waals surface area contributed by atoms with Gasteiger partial charge in [0.05, 0.1) is 0 Å². The highest BCUT2D eigenvalue weighted by molar-refractivity contribution is 5.94. The third-order valence-corrected chi connectivity index (χ3v) is 5.06. The molecule has 7 heteroatoms. The number of hydrogen-bond donors (Lipinski definition) is 2. The molecule has 1 fully saturated rings. The number of anilines is 1. The summed E-state index contributed by atoms with van der Waals surface area (Å²) in [7, 11) is 0. The lowest BCUT2D eigenvalue weighted by Crippen LogP contribution is -2.32. The summed E-state index contributed by atoms with van der Waals surface area (Å²) in [5.41, 5.74) is 1.66. The molecule has 2 N–H and O–H groups in total. The number of nitrogens with zero attached hydrogens (tertiary/aromatic N) is 4. The zero-order chi connectivity index (χ0) is 19.4. The molecule has 1 amide bonds. The number of rotatable bonds is 8. The van der Waals surface area contributed by atoms with Gasteiger partial charge in [-0.1, -0.05) is 12.1 Å². The molecule has 144 valence electrons. The van der Waals surface area contributed by atoms with Crippen molar-refractivity contribution in [1.29, 1.82) is 0 Å². The third kappa shape index (κ3) is 4.19. The fourth-order valence-corrected chi connectivity index (χ4v) is 3.22. The topological polar surface area (TPSA) is 84.7 Å². The van der Waals surface area contributed by atoms with Crippen molar-refractivity contribution in [3.8, 4) is 11.4 Å². The van der Waals surface area contributed by atoms with Gasteiger partial charge < -0.3 is 10.6 Å². The molecule has 0 bridgehead atoms. The van der Waals surface area contributed by atoms with Crippen LogP contribution >= 0.6 is 0 Å². The number of benzene rings is 1. The van der Waals surface area contributed by atoms with Crippen molar-refractivity contribution < 1.29 is 4.79 Å². The number of hydrogen-bond acceptors (Lipinski definition) is 5. The average molecular weight is 376 g/mol. The van der Waals surface area contributed by atoms with Gasteiger partial charge in [0.25, 0.3) is 5.91 Å². The predicted molar refractivity (Wildman–Crippen MR) is 108 cm³/mol. The molecule has 1 aliphatic rings. The van der Waals surface area contributed by atoms with Crippen LogP contribution in [0.2, 0.25) is 0 Å². The molecule has 0 spiro atoms. The zero-order valence-electron chi connectivity index (χ0n) is 15.9. The van der Waals surface area contributed by atoms with E-state index < -0.39 is 0 Å². The smallest absolute Gasteiger partial charge is 0.251 e. The maximum atomic E-state index is 12.5. The van der Waals surface area contributed by atoms with Crippen LogP contribution in [0, 0.1) is 5.41 Å². The van der Waals surface area contributed by atoms with E-state index in [9.17, 15) is 4.79 Å². The normalized spacial score (nSPS) is 14.5. The van der Waals surface area contributed by atoms with Crippen LogP contribution in [0.1, 0.15) is 30.1 Å². The maximum Gasteiger partial charge on any atom is 0.251 e. The van der Waals surface area contributed by atoms with E-state index in [2.05, 4.69) is 25.7 Å². The Labute approximate surface area is 164 Å². The standard InChI is InChI=1S/C21H24N6O/c1-2-22-18-8-12-23-19(26-18)16-4-6-17(7-5-16)20(28)24-14-21(9-10-21)15-27-13-3-11-25-27/h3-8,11-13H,2,9-10,14-15H2,1H3,(H,24,28)(H,22,23,26). The van der Waals surface area contributed by atoms with E-state index in [1.807, 2.05) is 54.2 Å². The van der Waals surface area contributed by atoms with Crippen LogP contribution in [-0.4, -0.2) is 38.7 Å². The minimum atomic E-state index is -0.0550. The van der Waals surface area contributed by atoms with Gasteiger partial charge in [-0.2, -0.15) is 5.10 Å². The molecule has 1 saturated carbocycles. The number of carbonyl (C=O) groups excluding carboxylic acids is 1. The minimum absolute atomic E-state index is 0.0550. The van der Waals surface area contributed by atoms with E-state index in [-0.39, 0.29) is 11.3 Å². The molecule has 2 heterocycles. The monoisotopic (exact) mass is 376 g/mol. The lowest BCUT2D eigenvalue weighted by molar-refractivity contribution is 0.0942. The second kappa shape index (κ2) is 7.80. The number of amides is 1. The highest BCUT2D eigenvalue weighted by Crippen LogP contribution is 2.46. The first-order valence-corrected chi connectivity index (χ1v) is 9.60. The molecule has 0 saturated heterocycles. The Hall–Kier alpha value is -3.22. The summed E-state index contributed by atoms with van der Waals surface area (Å²) in [5, 5.41) is 10.5. The molecular formula is C21H24N6O. The average Bonchev–Trinajstić information content (AvgIpc) is 3.29. The van der Waals surface area contributed by atoms with Gasteiger partial charge in [-0.25, -0.2) is 9.97 Å². The van der Waals surface area contributed by atoms with Crippen LogP contribution in [0.25, 0.3) is 11.4 Å². The highest BCUT2D eigenvalue weighted by atomic mass is 16.1. The van der Waals surface area contributed by atoms with Crippen LogP contribution in [0.5, 0.6) is 0 Å². The fraction of sp³-hybridized carbons (Fsp3) is 0.333. The Morgan fingerprint density at radius 3 is 2.68 bits per heavy atom. The van der Waals surface area contributed by atoms with Gasteiger partial charge in [-0.15, -0.1) is 0 Å². The Kier molecular flexibility index (Phi) is 5.06. The van der Waals surface area contributed by atoms with E-state index in [4.69, 9.17) is 0 Å². The van der Waals surface area contributed by atoms with E-state index in [1.54, 1.807) is 12.4 Å². The number of aromatic nitrogens is 4. The summed E-state index contributed by atoms with van der Waals surface area (Å²) in [4.78, 5) is 21.3. The molecule has 2 aromatic heterocycles. The van der Waals surface area contributed by atoms with Crippen LogP contribution in [0.3, 0.4) is 0 Å². The second-order valence-electron chi connectivity index (χ2n) is 7.26. The van der Waals surface area contributed by atoms with Crippen LogP contribution < -0.4 is 10.6 Å². The SMILES string of the molecule is CCNc1ccnc(-c2ccc(C(=O)NCC3(Cn4cccn4)CC3)cc2)n1.